The summed E-state index contributed by atoms with van der Waals surface area (Å²) in [4.78, 5) is 57.7. The number of benzene rings is 2. The zero-order valence-corrected chi connectivity index (χ0v) is 30.0. The predicted octanol–water partition coefficient (Wildman–Crippen LogP) is 4.84. The van der Waals surface area contributed by atoms with Gasteiger partial charge < -0.3 is 19.5 Å². The molecule has 0 radical (unpaired) electrons. The van der Waals surface area contributed by atoms with Gasteiger partial charge in [0.25, 0.3) is 5.56 Å². The Morgan fingerprint density at radius 1 is 0.962 bits per heavy atom. The van der Waals surface area contributed by atoms with E-state index in [9.17, 15) is 19.2 Å². The van der Waals surface area contributed by atoms with Crippen molar-refractivity contribution in [2.75, 3.05) is 50.1 Å². The van der Waals surface area contributed by atoms with Crippen LogP contribution in [0.3, 0.4) is 0 Å². The smallest absolute Gasteiger partial charge is 0.259 e. The number of methoxy groups -OCH3 is 1. The van der Waals surface area contributed by atoms with Gasteiger partial charge in [-0.3, -0.25) is 34.4 Å². The maximum absolute atomic E-state index is 15.8. The molecule has 0 aliphatic carbocycles. The molecule has 4 aromatic rings. The number of Topliss-reactive ketones (excluding diaryl/α,β-unsaturated/α-hetero) is 1. The first-order valence-electron chi connectivity index (χ1n) is 18.3. The number of piperidine rings is 3. The molecule has 278 valence electrons. The van der Waals surface area contributed by atoms with Crippen LogP contribution in [0.15, 0.2) is 59.8 Å². The van der Waals surface area contributed by atoms with E-state index in [-0.39, 0.29) is 41.3 Å². The fraction of sp³-hybridized carbons (Fsp3) is 0.425. The second-order valence-electron chi connectivity index (χ2n) is 14.5. The number of hydrogen-bond donors (Lipinski definition) is 2. The van der Waals surface area contributed by atoms with Gasteiger partial charge >= 0.3 is 0 Å². The number of aromatic nitrogens is 2. The number of imide groups is 1. The van der Waals surface area contributed by atoms with Gasteiger partial charge in [-0.1, -0.05) is 0 Å². The Balaban J connectivity index is 0.903. The lowest BCUT2D eigenvalue weighted by Gasteiger charge is -2.35. The summed E-state index contributed by atoms with van der Waals surface area (Å²) in [6.45, 7) is 3.01. The number of carbonyl (C=O) groups excluding carboxylic acids is 3. The van der Waals surface area contributed by atoms with Gasteiger partial charge in [-0.2, -0.15) is 0 Å². The van der Waals surface area contributed by atoms with Crippen LogP contribution in [0.4, 0.5) is 20.2 Å². The molecule has 3 fully saturated rings. The minimum absolute atomic E-state index is 0.0854. The molecule has 3 saturated heterocycles. The number of ketones is 1. The average molecular weight is 727 g/mol. The van der Waals surface area contributed by atoms with Crippen LogP contribution in [0.1, 0.15) is 44.1 Å². The third-order valence-corrected chi connectivity index (χ3v) is 11.1. The summed E-state index contributed by atoms with van der Waals surface area (Å²) in [7, 11) is 3.21. The van der Waals surface area contributed by atoms with Crippen LogP contribution >= 0.6 is 0 Å². The highest BCUT2D eigenvalue weighted by atomic mass is 19.1. The van der Waals surface area contributed by atoms with E-state index >= 15 is 8.78 Å². The molecule has 7 rings (SSSR count). The number of nitrogens with zero attached hydrogens (tertiary/aromatic N) is 4. The number of ether oxygens (including phenoxy) is 1. The second kappa shape index (κ2) is 15.4. The molecule has 53 heavy (non-hydrogen) atoms. The lowest BCUT2D eigenvalue weighted by molar-refractivity contribution is -0.133. The fourth-order valence-electron chi connectivity index (χ4n) is 8.00. The summed E-state index contributed by atoms with van der Waals surface area (Å²) in [5.74, 6) is -0.632. The number of rotatable bonds is 10. The molecule has 2 aromatic carbocycles. The number of anilines is 2. The van der Waals surface area contributed by atoms with Gasteiger partial charge in [-0.05, 0) is 105 Å². The monoisotopic (exact) mass is 726 g/mol. The molecule has 5 heterocycles. The molecule has 2 aromatic heterocycles. The van der Waals surface area contributed by atoms with Crippen molar-refractivity contribution in [1.82, 2.24) is 19.8 Å². The van der Waals surface area contributed by atoms with Gasteiger partial charge in [-0.25, -0.2) is 8.78 Å². The standard InChI is InChI=1S/C40H44F2N6O5/c1-46-22-31(28-7-12-43-21-30(28)40(46)52)26-18-32(41)29(37(19-26)53-2)17-24-8-13-47(14-9-24)23-36(49)25-10-15-48(16-11-25)35-5-3-27(20-33(35)42)44-34-4-6-38(50)45-39(34)51/h3,5,7,12,18-22,24-25,34,44H,4,6,8-11,13-17,23H2,1-2H3,(H,45,50,51). The molecule has 1 unspecified atom stereocenters. The maximum Gasteiger partial charge on any atom is 0.259 e. The van der Waals surface area contributed by atoms with Crippen LogP contribution in [0.25, 0.3) is 21.9 Å². The number of nitrogens with one attached hydrogen (secondary N) is 2. The van der Waals surface area contributed by atoms with E-state index in [4.69, 9.17) is 4.74 Å². The molecule has 2 amide bonds. The summed E-state index contributed by atoms with van der Waals surface area (Å²) in [6, 6.07) is 9.32. The lowest BCUT2D eigenvalue weighted by Crippen LogP contribution is -2.47. The largest absolute Gasteiger partial charge is 0.496 e. The van der Waals surface area contributed by atoms with Gasteiger partial charge in [0.2, 0.25) is 11.8 Å². The molecule has 11 nitrogen and oxygen atoms in total. The minimum atomic E-state index is -0.588. The van der Waals surface area contributed by atoms with E-state index in [1.165, 1.54) is 22.9 Å². The van der Waals surface area contributed by atoms with Crippen LogP contribution in [0.2, 0.25) is 0 Å². The highest BCUT2D eigenvalue weighted by molar-refractivity contribution is 6.01. The van der Waals surface area contributed by atoms with Crippen LogP contribution < -0.4 is 25.8 Å². The number of hydrogen-bond acceptors (Lipinski definition) is 9. The maximum atomic E-state index is 15.8. The number of likely N-dealkylation sites (tertiary alicyclic amines) is 1. The highest BCUT2D eigenvalue weighted by Gasteiger charge is 2.30. The SMILES string of the molecule is COc1cc(-c2cn(C)c(=O)c3cnccc23)cc(F)c1CC1CCN(CC(=O)C2CCN(c3ccc(NC4CCC(=O)NC4=O)cc3F)CC2)CC1. The van der Waals surface area contributed by atoms with Crippen LogP contribution in [-0.4, -0.2) is 77.9 Å². The normalized spacial score (nSPS) is 19.0. The predicted molar refractivity (Wildman–Crippen MR) is 198 cm³/mol. The first kappa shape index (κ1) is 36.2. The fourth-order valence-corrected chi connectivity index (χ4v) is 8.00. The van der Waals surface area contributed by atoms with Gasteiger partial charge in [0, 0.05) is 67.9 Å². The van der Waals surface area contributed by atoms with Crippen molar-refractivity contribution in [2.24, 2.45) is 18.9 Å². The van der Waals surface area contributed by atoms with Crippen molar-refractivity contribution in [1.29, 1.82) is 0 Å². The van der Waals surface area contributed by atoms with Gasteiger partial charge in [0.1, 0.15) is 29.2 Å². The molecule has 3 aliphatic rings. The van der Waals surface area contributed by atoms with Crippen molar-refractivity contribution in [3.8, 4) is 16.9 Å². The lowest BCUT2D eigenvalue weighted by atomic mass is 9.87. The zero-order valence-electron chi connectivity index (χ0n) is 30.0. The number of halogens is 2. The molecule has 0 spiro atoms. The van der Waals surface area contributed by atoms with Crippen LogP contribution in [-0.2, 0) is 27.9 Å². The number of fused-ring (bicyclic) bond motifs is 1. The van der Waals surface area contributed by atoms with Crippen molar-refractivity contribution in [2.45, 2.75) is 51.0 Å². The van der Waals surface area contributed by atoms with E-state index < -0.39 is 17.8 Å². The molecular formula is C40H44F2N6O5. The first-order valence-corrected chi connectivity index (χ1v) is 18.3. The second-order valence-corrected chi connectivity index (χ2v) is 14.5. The van der Waals surface area contributed by atoms with Crippen molar-refractivity contribution in [3.63, 3.8) is 0 Å². The van der Waals surface area contributed by atoms with E-state index in [0.29, 0.717) is 84.3 Å². The molecule has 1 atom stereocenters. The highest BCUT2D eigenvalue weighted by Crippen LogP contribution is 2.36. The topological polar surface area (TPSA) is 126 Å². The average Bonchev–Trinajstić information content (AvgIpc) is 3.16. The molecule has 3 aliphatic heterocycles. The Bertz CT molecular complexity index is 2110. The summed E-state index contributed by atoms with van der Waals surface area (Å²) in [5, 5.41) is 6.48. The number of aryl methyl sites for hydroxylation is 1. The Morgan fingerprint density at radius 2 is 1.74 bits per heavy atom. The zero-order chi connectivity index (χ0) is 37.2. The Morgan fingerprint density at radius 3 is 2.45 bits per heavy atom. The quantitative estimate of drug-likeness (QED) is 0.221. The summed E-state index contributed by atoms with van der Waals surface area (Å²) in [5.41, 5.74) is 2.65. The third kappa shape index (κ3) is 7.80. The van der Waals surface area contributed by atoms with E-state index in [1.807, 2.05) is 11.0 Å². The van der Waals surface area contributed by atoms with E-state index in [2.05, 4.69) is 20.5 Å². The summed E-state index contributed by atoms with van der Waals surface area (Å²) < 4.78 is 38.1. The summed E-state index contributed by atoms with van der Waals surface area (Å²) in [6.07, 6.45) is 8.94. The molecular weight excluding hydrogens is 682 g/mol. The van der Waals surface area contributed by atoms with E-state index in [1.54, 1.807) is 44.8 Å². The van der Waals surface area contributed by atoms with Gasteiger partial charge in [0.05, 0.1) is 24.7 Å². The first-order chi connectivity index (χ1) is 25.6. The number of pyridine rings is 2. The van der Waals surface area contributed by atoms with E-state index in [0.717, 1.165) is 31.5 Å². The number of amides is 2. The Kier molecular flexibility index (Phi) is 10.5. The van der Waals surface area contributed by atoms with Gasteiger partial charge in [-0.15, -0.1) is 0 Å². The Labute approximate surface area is 306 Å². The Hall–Kier alpha value is -5.17. The minimum Gasteiger partial charge on any atom is -0.496 e. The van der Waals surface area contributed by atoms with Gasteiger partial charge in [0.15, 0.2) is 0 Å². The molecule has 0 saturated carbocycles. The van der Waals surface area contributed by atoms with Crippen molar-refractivity contribution in [3.05, 3.63) is 82.5 Å². The number of carbonyl (C=O) groups is 3. The van der Waals surface area contributed by atoms with Crippen LogP contribution in [0.5, 0.6) is 5.75 Å². The third-order valence-electron chi connectivity index (χ3n) is 11.1. The van der Waals surface area contributed by atoms with Crippen LogP contribution in [0, 0.1) is 23.5 Å². The van der Waals surface area contributed by atoms with Crippen molar-refractivity contribution < 1.29 is 27.9 Å². The van der Waals surface area contributed by atoms with Crippen molar-refractivity contribution >= 4 is 39.7 Å². The molecule has 2 N–H and O–H groups in total. The summed E-state index contributed by atoms with van der Waals surface area (Å²) >= 11 is 0. The molecule has 13 heteroatoms. The molecule has 0 bridgehead atoms.